The van der Waals surface area contributed by atoms with E-state index < -0.39 is 0 Å². The van der Waals surface area contributed by atoms with Gasteiger partial charge in [-0.15, -0.1) is 24.0 Å². The minimum atomic E-state index is 0. The highest BCUT2D eigenvalue weighted by Crippen LogP contribution is 2.27. The maximum atomic E-state index is 5.38. The standard InChI is InChI=1S/C22H38N4O2.HI/c1-22(2,26-14-7-6-8-15-26)17-25-21(23-3)24-13-9-10-18-11-12-19(27-4)20(16-18)28-5;/h11-12,16H,6-10,13-15,17H2,1-5H3,(H2,23,24,25);1H. The Morgan fingerprint density at radius 3 is 2.38 bits per heavy atom. The first-order valence-electron chi connectivity index (χ1n) is 10.4. The number of nitrogens with zero attached hydrogens (tertiary/aromatic N) is 2. The summed E-state index contributed by atoms with van der Waals surface area (Å²) >= 11 is 0. The van der Waals surface area contributed by atoms with Crippen molar-refractivity contribution in [3.8, 4) is 11.5 Å². The Morgan fingerprint density at radius 2 is 1.76 bits per heavy atom. The van der Waals surface area contributed by atoms with Crippen LogP contribution in [0.4, 0.5) is 0 Å². The smallest absolute Gasteiger partial charge is 0.191 e. The predicted molar refractivity (Wildman–Crippen MR) is 132 cm³/mol. The van der Waals surface area contributed by atoms with Gasteiger partial charge < -0.3 is 20.1 Å². The number of hydrogen-bond acceptors (Lipinski definition) is 4. The van der Waals surface area contributed by atoms with Crippen LogP contribution in [0, 0.1) is 0 Å². The van der Waals surface area contributed by atoms with E-state index in [1.165, 1.54) is 37.9 Å². The summed E-state index contributed by atoms with van der Waals surface area (Å²) in [6.45, 7) is 8.80. The molecule has 0 spiro atoms. The number of rotatable bonds is 9. The molecule has 7 heteroatoms. The number of benzene rings is 1. The number of methoxy groups -OCH3 is 2. The number of ether oxygens (including phenoxy) is 2. The molecule has 2 N–H and O–H groups in total. The summed E-state index contributed by atoms with van der Waals surface area (Å²) in [5.41, 5.74) is 1.38. The van der Waals surface area contributed by atoms with Gasteiger partial charge in [0.1, 0.15) is 0 Å². The van der Waals surface area contributed by atoms with Crippen LogP contribution in [0.3, 0.4) is 0 Å². The molecule has 6 nitrogen and oxygen atoms in total. The first-order chi connectivity index (χ1) is 13.5. The van der Waals surface area contributed by atoms with Gasteiger partial charge in [0.2, 0.25) is 0 Å². The zero-order chi connectivity index (χ0) is 20.4. The van der Waals surface area contributed by atoms with Crippen LogP contribution in [-0.4, -0.2) is 63.8 Å². The number of halogens is 1. The Labute approximate surface area is 193 Å². The van der Waals surface area contributed by atoms with Crippen molar-refractivity contribution in [1.29, 1.82) is 0 Å². The summed E-state index contributed by atoms with van der Waals surface area (Å²) < 4.78 is 10.7. The lowest BCUT2D eigenvalue weighted by Crippen LogP contribution is -2.54. The van der Waals surface area contributed by atoms with Crippen molar-refractivity contribution in [2.45, 2.75) is 51.5 Å². The van der Waals surface area contributed by atoms with Crippen LogP contribution >= 0.6 is 24.0 Å². The van der Waals surface area contributed by atoms with Crippen molar-refractivity contribution in [2.24, 2.45) is 4.99 Å². The molecular formula is C22H39IN4O2. The van der Waals surface area contributed by atoms with E-state index in [1.54, 1.807) is 14.2 Å². The number of nitrogens with one attached hydrogen (secondary N) is 2. The topological polar surface area (TPSA) is 58.1 Å². The normalized spacial score (nSPS) is 15.4. The zero-order valence-corrected chi connectivity index (χ0v) is 21.0. The van der Waals surface area contributed by atoms with Gasteiger partial charge in [-0.2, -0.15) is 0 Å². The molecule has 1 heterocycles. The highest BCUT2D eigenvalue weighted by atomic mass is 127. The van der Waals surface area contributed by atoms with Crippen LogP contribution in [-0.2, 0) is 6.42 Å². The summed E-state index contributed by atoms with van der Waals surface area (Å²) in [6.07, 6.45) is 5.98. The zero-order valence-electron chi connectivity index (χ0n) is 18.7. The molecule has 2 rings (SSSR count). The minimum absolute atomic E-state index is 0. The van der Waals surface area contributed by atoms with Gasteiger partial charge in [0.05, 0.1) is 14.2 Å². The highest BCUT2D eigenvalue weighted by Gasteiger charge is 2.27. The van der Waals surface area contributed by atoms with E-state index in [9.17, 15) is 0 Å². The lowest BCUT2D eigenvalue weighted by molar-refractivity contribution is 0.0982. The minimum Gasteiger partial charge on any atom is -0.493 e. The molecule has 0 bridgehead atoms. The molecule has 0 amide bonds. The van der Waals surface area contributed by atoms with Crippen molar-refractivity contribution in [2.75, 3.05) is 47.4 Å². The number of piperidine rings is 1. The number of aliphatic imine (C=N–C) groups is 1. The molecule has 0 radical (unpaired) electrons. The van der Waals surface area contributed by atoms with E-state index in [0.29, 0.717) is 0 Å². The van der Waals surface area contributed by atoms with Crippen LogP contribution in [0.1, 0.15) is 45.1 Å². The lowest BCUT2D eigenvalue weighted by atomic mass is 9.98. The van der Waals surface area contributed by atoms with Gasteiger partial charge in [0, 0.05) is 25.7 Å². The fourth-order valence-electron chi connectivity index (χ4n) is 3.67. The fourth-order valence-corrected chi connectivity index (χ4v) is 3.67. The molecule has 1 aromatic carbocycles. The van der Waals surface area contributed by atoms with Crippen molar-refractivity contribution in [1.82, 2.24) is 15.5 Å². The largest absolute Gasteiger partial charge is 0.493 e. The third kappa shape index (κ3) is 8.20. The van der Waals surface area contributed by atoms with E-state index in [1.807, 2.05) is 19.2 Å². The summed E-state index contributed by atoms with van der Waals surface area (Å²) in [6, 6.07) is 6.10. The predicted octanol–water partition coefficient (Wildman–Crippen LogP) is 3.68. The Balaban J connectivity index is 0.00000420. The molecule has 0 atom stereocenters. The highest BCUT2D eigenvalue weighted by molar-refractivity contribution is 14.0. The average Bonchev–Trinajstić information content (AvgIpc) is 2.73. The van der Waals surface area contributed by atoms with Crippen LogP contribution in [0.2, 0.25) is 0 Å². The molecule has 1 fully saturated rings. The molecule has 1 aliphatic rings. The van der Waals surface area contributed by atoms with Gasteiger partial charge in [0.15, 0.2) is 17.5 Å². The van der Waals surface area contributed by atoms with Crippen LogP contribution < -0.4 is 20.1 Å². The summed E-state index contributed by atoms with van der Waals surface area (Å²) in [4.78, 5) is 6.96. The van der Waals surface area contributed by atoms with Crippen molar-refractivity contribution in [3.05, 3.63) is 23.8 Å². The quantitative estimate of drug-likeness (QED) is 0.226. The van der Waals surface area contributed by atoms with E-state index in [4.69, 9.17) is 9.47 Å². The molecule has 1 saturated heterocycles. The number of aryl methyl sites for hydroxylation is 1. The van der Waals surface area contributed by atoms with Crippen molar-refractivity contribution in [3.63, 3.8) is 0 Å². The van der Waals surface area contributed by atoms with Gasteiger partial charge in [-0.3, -0.25) is 9.89 Å². The second-order valence-corrected chi connectivity index (χ2v) is 8.01. The van der Waals surface area contributed by atoms with E-state index >= 15 is 0 Å². The molecule has 0 aliphatic carbocycles. The molecule has 1 aliphatic heterocycles. The number of hydrogen-bond donors (Lipinski definition) is 2. The maximum Gasteiger partial charge on any atom is 0.191 e. The number of guanidine groups is 1. The summed E-state index contributed by atoms with van der Waals surface area (Å²) in [5.74, 6) is 2.42. The summed E-state index contributed by atoms with van der Waals surface area (Å²) in [5, 5.41) is 6.93. The molecule has 0 saturated carbocycles. The van der Waals surface area contributed by atoms with Gasteiger partial charge in [0.25, 0.3) is 0 Å². The SMILES string of the molecule is CN=C(NCCCc1ccc(OC)c(OC)c1)NCC(C)(C)N1CCCCC1.I. The van der Waals surface area contributed by atoms with Crippen LogP contribution in [0.25, 0.3) is 0 Å². The average molecular weight is 518 g/mol. The van der Waals surface area contributed by atoms with Gasteiger partial charge in [-0.05, 0) is 70.3 Å². The Bertz CT molecular complexity index is 631. The van der Waals surface area contributed by atoms with E-state index in [-0.39, 0.29) is 29.5 Å². The summed E-state index contributed by atoms with van der Waals surface area (Å²) in [7, 11) is 5.16. The van der Waals surface area contributed by atoms with Gasteiger partial charge in [-0.25, -0.2) is 0 Å². The van der Waals surface area contributed by atoms with E-state index in [2.05, 4.69) is 40.4 Å². The molecule has 0 unspecified atom stereocenters. The second-order valence-electron chi connectivity index (χ2n) is 8.01. The van der Waals surface area contributed by atoms with Gasteiger partial charge in [-0.1, -0.05) is 12.5 Å². The monoisotopic (exact) mass is 518 g/mol. The van der Waals surface area contributed by atoms with Crippen LogP contribution in [0.5, 0.6) is 11.5 Å². The molecule has 166 valence electrons. The van der Waals surface area contributed by atoms with E-state index in [0.717, 1.165) is 43.4 Å². The first kappa shape index (κ1) is 25.8. The third-order valence-electron chi connectivity index (χ3n) is 5.51. The Morgan fingerprint density at radius 1 is 1.07 bits per heavy atom. The second kappa shape index (κ2) is 13.2. The third-order valence-corrected chi connectivity index (χ3v) is 5.51. The number of likely N-dealkylation sites (tertiary alicyclic amines) is 1. The van der Waals surface area contributed by atoms with Crippen molar-refractivity contribution >= 4 is 29.9 Å². The maximum absolute atomic E-state index is 5.38. The van der Waals surface area contributed by atoms with Crippen molar-refractivity contribution < 1.29 is 9.47 Å². The lowest BCUT2D eigenvalue weighted by Gasteiger charge is -2.41. The molecule has 1 aromatic rings. The molecular weight excluding hydrogens is 479 g/mol. The molecule has 0 aromatic heterocycles. The first-order valence-corrected chi connectivity index (χ1v) is 10.4. The van der Waals surface area contributed by atoms with Crippen LogP contribution in [0.15, 0.2) is 23.2 Å². The Kier molecular flexibility index (Phi) is 11.7. The van der Waals surface area contributed by atoms with Gasteiger partial charge >= 0.3 is 0 Å². The Hall–Kier alpha value is -1.22. The molecule has 29 heavy (non-hydrogen) atoms. The fraction of sp³-hybridized carbons (Fsp3) is 0.682.